The molecule has 0 spiro atoms. The van der Waals surface area contributed by atoms with Crippen molar-refractivity contribution in [2.75, 3.05) is 18.8 Å². The molecule has 0 aromatic rings. The zero-order valence-corrected chi connectivity index (χ0v) is 16.7. The van der Waals surface area contributed by atoms with E-state index >= 15 is 0 Å². The number of hydrogen-bond acceptors (Lipinski definition) is 5. The first-order chi connectivity index (χ1) is 11.7. The van der Waals surface area contributed by atoms with Crippen LogP contribution in [0.15, 0.2) is 0 Å². The molecule has 2 unspecified atom stereocenters. The summed E-state index contributed by atoms with van der Waals surface area (Å²) in [6.45, 7) is 7.43. The highest BCUT2D eigenvalue weighted by Crippen LogP contribution is 2.37. The molecule has 2 amide bonds. The van der Waals surface area contributed by atoms with Gasteiger partial charge in [-0.3, -0.25) is 19.8 Å². The van der Waals surface area contributed by atoms with Crippen LogP contribution in [0, 0.1) is 23.2 Å². The van der Waals surface area contributed by atoms with Gasteiger partial charge in [0.25, 0.3) is 0 Å². The first-order valence-electron chi connectivity index (χ1n) is 9.60. The van der Waals surface area contributed by atoms with Gasteiger partial charge in [0, 0.05) is 13.0 Å². The lowest BCUT2D eigenvalue weighted by molar-refractivity contribution is -0.141. The van der Waals surface area contributed by atoms with Crippen molar-refractivity contribution < 1.29 is 14.7 Å². The number of aliphatic hydroxyl groups excluding tert-OH is 1. The van der Waals surface area contributed by atoms with Crippen LogP contribution in [0.1, 0.15) is 59.3 Å². The number of hydrogen-bond donors (Lipinski definition) is 3. The Labute approximate surface area is 157 Å². The lowest BCUT2D eigenvalue weighted by atomic mass is 9.79. The van der Waals surface area contributed by atoms with Crippen molar-refractivity contribution >= 4 is 24.4 Å². The van der Waals surface area contributed by atoms with Crippen LogP contribution >= 0.6 is 12.6 Å². The fourth-order valence-electron chi connectivity index (χ4n) is 3.99. The lowest BCUT2D eigenvalue weighted by Gasteiger charge is -2.33. The van der Waals surface area contributed by atoms with E-state index in [-0.39, 0.29) is 29.1 Å². The summed E-state index contributed by atoms with van der Waals surface area (Å²) in [7, 11) is 0. The number of likely N-dealkylation sites (tertiary alicyclic amines) is 1. The molecule has 144 valence electrons. The van der Waals surface area contributed by atoms with Crippen molar-refractivity contribution in [3.8, 4) is 0 Å². The van der Waals surface area contributed by atoms with Gasteiger partial charge < -0.3 is 5.11 Å². The molecule has 1 heterocycles. The molecule has 2 N–H and O–H groups in total. The van der Waals surface area contributed by atoms with Crippen LogP contribution in [0.3, 0.4) is 0 Å². The molecule has 2 fully saturated rings. The second-order valence-electron chi connectivity index (χ2n) is 8.72. The third-order valence-corrected chi connectivity index (χ3v) is 6.07. The molecule has 2 atom stereocenters. The number of aliphatic hydroxyl groups is 1. The zero-order valence-electron chi connectivity index (χ0n) is 15.8. The number of nitrogens with zero attached hydrogens (tertiary/aromatic N) is 1. The van der Waals surface area contributed by atoms with Crippen molar-refractivity contribution in [3.63, 3.8) is 0 Å². The predicted molar refractivity (Wildman–Crippen MR) is 102 cm³/mol. The molecule has 6 heteroatoms. The fraction of sp³-hybridized carbons (Fsp3) is 0.895. The van der Waals surface area contributed by atoms with Gasteiger partial charge in [0.2, 0.25) is 11.8 Å². The first kappa shape index (κ1) is 20.7. The van der Waals surface area contributed by atoms with Crippen LogP contribution in [0.4, 0.5) is 0 Å². The summed E-state index contributed by atoms with van der Waals surface area (Å²) in [5, 5.41) is 13.4. The molecule has 1 aliphatic carbocycles. The second kappa shape index (κ2) is 8.87. The maximum Gasteiger partial charge on any atom is 0.233 e. The number of nitrogens with one attached hydrogen (secondary N) is 1. The maximum absolute atomic E-state index is 12.6. The number of imide groups is 1. The largest absolute Gasteiger partial charge is 0.378 e. The molecular formula is C19H34N2O3S. The topological polar surface area (TPSA) is 69.6 Å². The van der Waals surface area contributed by atoms with Gasteiger partial charge in [-0.1, -0.05) is 20.8 Å². The molecular weight excluding hydrogens is 336 g/mol. The minimum absolute atomic E-state index is 0.00748. The fourth-order valence-corrected chi connectivity index (χ4v) is 4.15. The summed E-state index contributed by atoms with van der Waals surface area (Å²) in [4.78, 5) is 26.4. The van der Waals surface area contributed by atoms with Gasteiger partial charge >= 0.3 is 0 Å². The van der Waals surface area contributed by atoms with E-state index in [9.17, 15) is 14.7 Å². The van der Waals surface area contributed by atoms with E-state index in [2.05, 4.69) is 17.9 Å². The molecule has 1 saturated carbocycles. The van der Waals surface area contributed by atoms with Crippen molar-refractivity contribution in [2.24, 2.45) is 23.2 Å². The minimum atomic E-state index is -0.457. The second-order valence-corrected chi connectivity index (χ2v) is 9.17. The van der Waals surface area contributed by atoms with Crippen LogP contribution < -0.4 is 5.32 Å². The maximum atomic E-state index is 12.6. The first-order valence-corrected chi connectivity index (χ1v) is 10.2. The molecule has 0 aromatic carbocycles. The van der Waals surface area contributed by atoms with Crippen molar-refractivity contribution in [2.45, 2.75) is 65.5 Å². The van der Waals surface area contributed by atoms with Gasteiger partial charge in [0.15, 0.2) is 0 Å². The smallest absolute Gasteiger partial charge is 0.233 e. The van der Waals surface area contributed by atoms with E-state index in [0.29, 0.717) is 18.9 Å². The van der Waals surface area contributed by atoms with E-state index in [4.69, 9.17) is 0 Å². The standard InChI is InChI=1S/C19H34N2O3S/c1-19(2,3)15-11-16(22)21(18(15)24)12-13-5-7-14(8-6-13)17(23)20-9-4-10-25/h13-15,17,20,23,25H,4-12H2,1-3H3. The summed E-state index contributed by atoms with van der Waals surface area (Å²) >= 11 is 4.17. The third kappa shape index (κ3) is 5.44. The number of thiol groups is 1. The van der Waals surface area contributed by atoms with Gasteiger partial charge in [0.05, 0.1) is 5.92 Å². The van der Waals surface area contributed by atoms with E-state index < -0.39 is 6.23 Å². The summed E-state index contributed by atoms with van der Waals surface area (Å²) in [5.41, 5.74) is -0.165. The molecule has 2 rings (SSSR count). The van der Waals surface area contributed by atoms with Crippen LogP contribution in [0.25, 0.3) is 0 Å². The van der Waals surface area contributed by atoms with Crippen molar-refractivity contribution in [1.29, 1.82) is 0 Å². The van der Waals surface area contributed by atoms with Gasteiger partial charge in [0.1, 0.15) is 6.23 Å². The molecule has 0 radical (unpaired) electrons. The molecule has 1 saturated heterocycles. The zero-order chi connectivity index (χ0) is 18.6. The van der Waals surface area contributed by atoms with E-state index in [1.807, 2.05) is 20.8 Å². The number of carbonyl (C=O) groups excluding carboxylic acids is 2. The average Bonchev–Trinajstić information content (AvgIpc) is 2.84. The Morgan fingerprint density at radius 3 is 2.40 bits per heavy atom. The average molecular weight is 371 g/mol. The Morgan fingerprint density at radius 2 is 1.88 bits per heavy atom. The highest BCUT2D eigenvalue weighted by atomic mass is 32.1. The quantitative estimate of drug-likeness (QED) is 0.279. The summed E-state index contributed by atoms with van der Waals surface area (Å²) in [6.07, 6.45) is 4.66. The Balaban J connectivity index is 1.80. The predicted octanol–water partition coefficient (Wildman–Crippen LogP) is 2.44. The Bertz CT molecular complexity index is 470. The van der Waals surface area contributed by atoms with Gasteiger partial charge in [-0.25, -0.2) is 0 Å². The molecule has 0 aromatic heterocycles. The summed E-state index contributed by atoms with van der Waals surface area (Å²) in [6, 6.07) is 0. The van der Waals surface area contributed by atoms with Crippen molar-refractivity contribution in [1.82, 2.24) is 10.2 Å². The molecule has 25 heavy (non-hydrogen) atoms. The number of amides is 2. The molecule has 2 aliphatic rings. The summed E-state index contributed by atoms with van der Waals surface area (Å²) < 4.78 is 0. The number of rotatable bonds is 7. The van der Waals surface area contributed by atoms with Gasteiger partial charge in [-0.05, 0) is 61.7 Å². The van der Waals surface area contributed by atoms with Crippen molar-refractivity contribution in [3.05, 3.63) is 0 Å². The van der Waals surface area contributed by atoms with Crippen LogP contribution in [0.5, 0.6) is 0 Å². The summed E-state index contributed by atoms with van der Waals surface area (Å²) in [5.74, 6) is 1.26. The molecule has 0 bridgehead atoms. The van der Waals surface area contributed by atoms with E-state index in [1.165, 1.54) is 4.90 Å². The highest BCUT2D eigenvalue weighted by Gasteiger charge is 2.45. The molecule has 5 nitrogen and oxygen atoms in total. The van der Waals surface area contributed by atoms with Crippen LogP contribution in [-0.4, -0.2) is 46.9 Å². The number of carbonyl (C=O) groups is 2. The SMILES string of the molecule is CC(C)(C)C1CC(=O)N(CC2CCC(C(O)NCCCS)CC2)C1=O. The normalized spacial score (nSPS) is 29.3. The Morgan fingerprint density at radius 1 is 1.24 bits per heavy atom. The van der Waals surface area contributed by atoms with Gasteiger partial charge in [-0.2, -0.15) is 12.6 Å². The highest BCUT2D eigenvalue weighted by molar-refractivity contribution is 7.80. The monoisotopic (exact) mass is 370 g/mol. The lowest BCUT2D eigenvalue weighted by Crippen LogP contribution is -2.41. The Hall–Kier alpha value is -0.590. The minimum Gasteiger partial charge on any atom is -0.378 e. The third-order valence-electron chi connectivity index (χ3n) is 5.76. The van der Waals surface area contributed by atoms with Crippen LogP contribution in [-0.2, 0) is 9.59 Å². The molecule has 1 aliphatic heterocycles. The van der Waals surface area contributed by atoms with E-state index in [1.54, 1.807) is 0 Å². The van der Waals surface area contributed by atoms with Crippen LogP contribution in [0.2, 0.25) is 0 Å². The van der Waals surface area contributed by atoms with E-state index in [0.717, 1.165) is 44.4 Å². The Kier molecular flexibility index (Phi) is 7.35. The van der Waals surface area contributed by atoms with Gasteiger partial charge in [-0.15, -0.1) is 0 Å².